The maximum Gasteiger partial charge on any atom is 0.312 e. The quantitative estimate of drug-likeness (QED) is 0.676. The standard InChI is InChI=1S/C14H15ClN4O3/c1-9-14(19(21)22)10(2)18(17-9)8-7-13(20)16-12-6-4-3-5-11(12)15/h3-6H,7-8H2,1-2H3,(H,16,20). The second-order valence-electron chi connectivity index (χ2n) is 4.78. The van der Waals surface area contributed by atoms with Gasteiger partial charge < -0.3 is 5.32 Å². The SMILES string of the molecule is Cc1nn(CCC(=O)Nc2ccccc2Cl)c(C)c1[N+](=O)[O-]. The minimum absolute atomic E-state index is 0.00786. The second kappa shape index (κ2) is 6.57. The van der Waals surface area contributed by atoms with Crippen LogP contribution >= 0.6 is 11.6 Å². The summed E-state index contributed by atoms with van der Waals surface area (Å²) in [6.07, 6.45) is 0.143. The Morgan fingerprint density at radius 2 is 2.09 bits per heavy atom. The number of nitro groups is 1. The minimum atomic E-state index is -0.460. The number of carbonyl (C=O) groups excluding carboxylic acids is 1. The lowest BCUT2D eigenvalue weighted by Gasteiger charge is -2.07. The fourth-order valence-electron chi connectivity index (χ4n) is 2.15. The Bertz CT molecular complexity index is 727. The molecule has 2 rings (SSSR count). The van der Waals surface area contributed by atoms with Crippen molar-refractivity contribution in [2.24, 2.45) is 0 Å². The highest BCUT2D eigenvalue weighted by Gasteiger charge is 2.21. The van der Waals surface area contributed by atoms with Gasteiger partial charge in [-0.25, -0.2) is 0 Å². The number of amides is 1. The molecule has 1 heterocycles. The number of rotatable bonds is 5. The van der Waals surface area contributed by atoms with Crippen molar-refractivity contribution in [2.45, 2.75) is 26.8 Å². The molecular formula is C14H15ClN4O3. The number of halogens is 1. The van der Waals surface area contributed by atoms with E-state index in [4.69, 9.17) is 11.6 Å². The minimum Gasteiger partial charge on any atom is -0.325 e. The van der Waals surface area contributed by atoms with Crippen LogP contribution in [0.4, 0.5) is 11.4 Å². The van der Waals surface area contributed by atoms with E-state index in [0.29, 0.717) is 22.1 Å². The van der Waals surface area contributed by atoms with Gasteiger partial charge in [0.1, 0.15) is 11.4 Å². The van der Waals surface area contributed by atoms with Gasteiger partial charge in [0, 0.05) is 6.42 Å². The number of aryl methyl sites for hydroxylation is 2. The zero-order chi connectivity index (χ0) is 16.3. The average molecular weight is 323 g/mol. The Morgan fingerprint density at radius 3 is 2.68 bits per heavy atom. The number of aromatic nitrogens is 2. The molecule has 0 aliphatic rings. The summed E-state index contributed by atoms with van der Waals surface area (Å²) in [5.41, 5.74) is 1.31. The van der Waals surface area contributed by atoms with Gasteiger partial charge in [0.2, 0.25) is 5.91 Å². The highest BCUT2D eigenvalue weighted by Crippen LogP contribution is 2.23. The maximum absolute atomic E-state index is 11.9. The Morgan fingerprint density at radius 1 is 1.41 bits per heavy atom. The molecule has 0 atom stereocenters. The topological polar surface area (TPSA) is 90.1 Å². The van der Waals surface area contributed by atoms with Crippen LogP contribution < -0.4 is 5.32 Å². The number of anilines is 1. The maximum atomic E-state index is 11.9. The third kappa shape index (κ3) is 3.43. The van der Waals surface area contributed by atoms with E-state index in [9.17, 15) is 14.9 Å². The predicted octanol–water partition coefficient (Wildman–Crippen LogP) is 3.09. The third-order valence-corrected chi connectivity index (χ3v) is 3.55. The van der Waals surface area contributed by atoms with Gasteiger partial charge in [0.25, 0.3) is 0 Å². The molecule has 2 aromatic rings. The first kappa shape index (κ1) is 16.0. The molecule has 0 fully saturated rings. The fourth-order valence-corrected chi connectivity index (χ4v) is 2.34. The van der Waals surface area contributed by atoms with Crippen molar-refractivity contribution in [1.29, 1.82) is 0 Å². The molecule has 1 amide bonds. The van der Waals surface area contributed by atoms with Gasteiger partial charge in [-0.15, -0.1) is 0 Å². The van der Waals surface area contributed by atoms with Gasteiger partial charge in [-0.3, -0.25) is 19.6 Å². The van der Waals surface area contributed by atoms with Crippen LogP contribution in [0.1, 0.15) is 17.8 Å². The van der Waals surface area contributed by atoms with Crippen molar-refractivity contribution in [1.82, 2.24) is 9.78 Å². The van der Waals surface area contributed by atoms with Gasteiger partial charge in [0.05, 0.1) is 22.2 Å². The Hall–Kier alpha value is -2.41. The van der Waals surface area contributed by atoms with E-state index in [0.717, 1.165) is 0 Å². The van der Waals surface area contributed by atoms with Crippen molar-refractivity contribution in [3.63, 3.8) is 0 Å². The van der Waals surface area contributed by atoms with Gasteiger partial charge in [-0.2, -0.15) is 5.10 Å². The van der Waals surface area contributed by atoms with Gasteiger partial charge in [0.15, 0.2) is 0 Å². The summed E-state index contributed by atoms with van der Waals surface area (Å²) in [7, 11) is 0. The van der Waals surface area contributed by atoms with E-state index < -0.39 is 4.92 Å². The van der Waals surface area contributed by atoms with E-state index in [1.807, 2.05) is 0 Å². The summed E-state index contributed by atoms with van der Waals surface area (Å²) in [5.74, 6) is -0.233. The van der Waals surface area contributed by atoms with Crippen LogP contribution in [-0.4, -0.2) is 20.6 Å². The monoisotopic (exact) mass is 322 g/mol. The third-order valence-electron chi connectivity index (χ3n) is 3.22. The summed E-state index contributed by atoms with van der Waals surface area (Å²) in [6, 6.07) is 6.93. The van der Waals surface area contributed by atoms with Crippen molar-refractivity contribution < 1.29 is 9.72 Å². The van der Waals surface area contributed by atoms with Crippen LogP contribution in [0.2, 0.25) is 5.02 Å². The van der Waals surface area contributed by atoms with Crippen molar-refractivity contribution in [3.05, 3.63) is 50.8 Å². The van der Waals surface area contributed by atoms with Gasteiger partial charge in [-0.1, -0.05) is 23.7 Å². The van der Waals surface area contributed by atoms with E-state index in [1.54, 1.807) is 38.1 Å². The van der Waals surface area contributed by atoms with Crippen LogP contribution in [0.3, 0.4) is 0 Å². The highest BCUT2D eigenvalue weighted by atomic mass is 35.5. The summed E-state index contributed by atoms with van der Waals surface area (Å²) in [5, 5.41) is 18.2. The largest absolute Gasteiger partial charge is 0.325 e. The van der Waals surface area contributed by atoms with Gasteiger partial charge in [-0.05, 0) is 26.0 Å². The van der Waals surface area contributed by atoms with E-state index in [2.05, 4.69) is 10.4 Å². The zero-order valence-electron chi connectivity index (χ0n) is 12.2. The van der Waals surface area contributed by atoms with Crippen molar-refractivity contribution in [2.75, 3.05) is 5.32 Å². The average Bonchev–Trinajstić information content (AvgIpc) is 2.73. The molecule has 8 heteroatoms. The van der Waals surface area contributed by atoms with Crippen LogP contribution in [0.5, 0.6) is 0 Å². The number of para-hydroxylation sites is 1. The first-order chi connectivity index (χ1) is 10.4. The highest BCUT2D eigenvalue weighted by molar-refractivity contribution is 6.33. The van der Waals surface area contributed by atoms with Crippen LogP contribution in [0, 0.1) is 24.0 Å². The summed E-state index contributed by atoms with van der Waals surface area (Å²) >= 11 is 5.96. The molecule has 0 unspecified atom stereocenters. The number of hydrogen-bond donors (Lipinski definition) is 1. The molecule has 116 valence electrons. The molecule has 0 saturated heterocycles. The molecule has 0 spiro atoms. The molecule has 1 aromatic carbocycles. The molecule has 1 N–H and O–H groups in total. The predicted molar refractivity (Wildman–Crippen MR) is 83.1 cm³/mol. The van der Waals surface area contributed by atoms with E-state index >= 15 is 0 Å². The number of hydrogen-bond acceptors (Lipinski definition) is 4. The lowest BCUT2D eigenvalue weighted by molar-refractivity contribution is -0.386. The summed E-state index contributed by atoms with van der Waals surface area (Å²) in [6.45, 7) is 3.45. The molecule has 22 heavy (non-hydrogen) atoms. The fraction of sp³-hybridized carbons (Fsp3) is 0.286. The van der Waals surface area contributed by atoms with E-state index in [1.165, 1.54) is 4.68 Å². The first-order valence-electron chi connectivity index (χ1n) is 6.63. The molecule has 0 aliphatic heterocycles. The second-order valence-corrected chi connectivity index (χ2v) is 5.18. The van der Waals surface area contributed by atoms with Crippen molar-refractivity contribution in [3.8, 4) is 0 Å². The van der Waals surface area contributed by atoms with Crippen molar-refractivity contribution >= 4 is 28.9 Å². The number of benzene rings is 1. The molecule has 0 radical (unpaired) electrons. The Kier molecular flexibility index (Phi) is 4.77. The number of nitrogens with zero attached hydrogens (tertiary/aromatic N) is 3. The summed E-state index contributed by atoms with van der Waals surface area (Å²) in [4.78, 5) is 22.4. The normalized spacial score (nSPS) is 10.5. The Labute approximate surface area is 132 Å². The smallest absolute Gasteiger partial charge is 0.312 e. The number of nitrogens with one attached hydrogen (secondary N) is 1. The first-order valence-corrected chi connectivity index (χ1v) is 7.00. The van der Waals surface area contributed by atoms with Gasteiger partial charge >= 0.3 is 5.69 Å². The molecule has 0 bridgehead atoms. The molecule has 1 aromatic heterocycles. The van der Waals surface area contributed by atoms with Crippen LogP contribution in [0.25, 0.3) is 0 Å². The molecule has 7 nitrogen and oxygen atoms in total. The number of carbonyl (C=O) groups is 1. The zero-order valence-corrected chi connectivity index (χ0v) is 12.9. The molecule has 0 aliphatic carbocycles. The molecular weight excluding hydrogens is 308 g/mol. The molecule has 0 saturated carbocycles. The summed E-state index contributed by atoms with van der Waals surface area (Å²) < 4.78 is 1.47. The van der Waals surface area contributed by atoms with E-state index in [-0.39, 0.29) is 24.6 Å². The van der Waals surface area contributed by atoms with Crippen LogP contribution in [-0.2, 0) is 11.3 Å². The Balaban J connectivity index is 2.02. The lowest BCUT2D eigenvalue weighted by atomic mass is 10.3. The lowest BCUT2D eigenvalue weighted by Crippen LogP contribution is -2.15. The van der Waals surface area contributed by atoms with Crippen LogP contribution in [0.15, 0.2) is 24.3 Å².